The summed E-state index contributed by atoms with van der Waals surface area (Å²) in [6.45, 7) is 8.96. The molecule has 0 bridgehead atoms. The fourth-order valence-corrected chi connectivity index (χ4v) is 3.56. The summed E-state index contributed by atoms with van der Waals surface area (Å²) < 4.78 is 7.82. The van der Waals surface area contributed by atoms with Crippen LogP contribution in [0.5, 0.6) is 0 Å². The standard InChI is InChI=1S/C17H28N4O2/c1-13-9-14(2)21(19-13)12-16-11-20(7-8-23-16)17(22)4-3-15-5-6-18-10-15/h9,15-16,18H,3-8,10-12H2,1-2H3. The molecule has 2 aliphatic rings. The average molecular weight is 320 g/mol. The minimum atomic E-state index is 0.0406. The van der Waals surface area contributed by atoms with Gasteiger partial charge in [0, 0.05) is 25.2 Å². The molecule has 3 heterocycles. The van der Waals surface area contributed by atoms with E-state index < -0.39 is 0 Å². The summed E-state index contributed by atoms with van der Waals surface area (Å²) in [7, 11) is 0. The maximum Gasteiger partial charge on any atom is 0.222 e. The van der Waals surface area contributed by atoms with Crippen molar-refractivity contribution in [3.8, 4) is 0 Å². The van der Waals surface area contributed by atoms with Crippen LogP contribution < -0.4 is 5.32 Å². The molecule has 0 aromatic carbocycles. The van der Waals surface area contributed by atoms with Gasteiger partial charge in [-0.25, -0.2) is 0 Å². The first-order valence-corrected chi connectivity index (χ1v) is 8.73. The molecule has 2 saturated heterocycles. The summed E-state index contributed by atoms with van der Waals surface area (Å²) >= 11 is 0. The zero-order chi connectivity index (χ0) is 16.2. The predicted molar refractivity (Wildman–Crippen MR) is 88.2 cm³/mol. The van der Waals surface area contributed by atoms with Crippen LogP contribution in [0.2, 0.25) is 0 Å². The van der Waals surface area contributed by atoms with Crippen LogP contribution in [0.1, 0.15) is 30.7 Å². The Morgan fingerprint density at radius 1 is 1.48 bits per heavy atom. The summed E-state index contributed by atoms with van der Waals surface area (Å²) in [5.74, 6) is 0.948. The summed E-state index contributed by atoms with van der Waals surface area (Å²) in [6.07, 6.45) is 2.92. The summed E-state index contributed by atoms with van der Waals surface area (Å²) in [5, 5.41) is 7.85. The monoisotopic (exact) mass is 320 g/mol. The molecular formula is C17H28N4O2. The van der Waals surface area contributed by atoms with Crippen LogP contribution in [0.3, 0.4) is 0 Å². The molecule has 6 heteroatoms. The lowest BCUT2D eigenvalue weighted by Crippen LogP contribution is -2.47. The fraction of sp³-hybridized carbons (Fsp3) is 0.765. The number of aryl methyl sites for hydroxylation is 2. The number of carbonyl (C=O) groups excluding carboxylic acids is 1. The Hall–Kier alpha value is -1.40. The molecule has 0 saturated carbocycles. The molecule has 2 atom stereocenters. The highest BCUT2D eigenvalue weighted by Gasteiger charge is 2.26. The van der Waals surface area contributed by atoms with Crippen LogP contribution in [0.25, 0.3) is 0 Å². The summed E-state index contributed by atoms with van der Waals surface area (Å²) in [4.78, 5) is 14.4. The molecule has 6 nitrogen and oxygen atoms in total. The number of carbonyl (C=O) groups is 1. The first-order valence-electron chi connectivity index (χ1n) is 8.73. The van der Waals surface area contributed by atoms with Crippen LogP contribution in [0.4, 0.5) is 0 Å². The Bertz CT molecular complexity index is 537. The quantitative estimate of drug-likeness (QED) is 0.883. The van der Waals surface area contributed by atoms with E-state index in [0.717, 1.165) is 44.0 Å². The lowest BCUT2D eigenvalue weighted by atomic mass is 10.0. The number of aromatic nitrogens is 2. The zero-order valence-electron chi connectivity index (χ0n) is 14.3. The number of rotatable bonds is 5. The van der Waals surface area contributed by atoms with Crippen LogP contribution >= 0.6 is 0 Å². The van der Waals surface area contributed by atoms with Crippen molar-refractivity contribution in [1.29, 1.82) is 0 Å². The van der Waals surface area contributed by atoms with Gasteiger partial charge in [0.15, 0.2) is 0 Å². The second-order valence-electron chi connectivity index (χ2n) is 6.84. The molecule has 3 rings (SSSR count). The SMILES string of the molecule is Cc1cc(C)n(CC2CN(C(=O)CCC3CCNC3)CCO2)n1. The van der Waals surface area contributed by atoms with E-state index in [-0.39, 0.29) is 12.0 Å². The molecule has 1 aromatic heterocycles. The smallest absolute Gasteiger partial charge is 0.222 e. The molecule has 2 unspecified atom stereocenters. The van der Waals surface area contributed by atoms with Gasteiger partial charge >= 0.3 is 0 Å². The van der Waals surface area contributed by atoms with E-state index >= 15 is 0 Å². The summed E-state index contributed by atoms with van der Waals surface area (Å²) in [6, 6.07) is 2.07. The van der Waals surface area contributed by atoms with Gasteiger partial charge in [-0.15, -0.1) is 0 Å². The number of nitrogens with one attached hydrogen (secondary N) is 1. The number of amides is 1. The first-order chi connectivity index (χ1) is 11.1. The molecule has 0 spiro atoms. The third kappa shape index (κ3) is 4.32. The number of nitrogens with zero attached hydrogens (tertiary/aromatic N) is 3. The second kappa shape index (κ2) is 7.45. The van der Waals surface area contributed by atoms with Gasteiger partial charge < -0.3 is 15.0 Å². The molecule has 0 radical (unpaired) electrons. The van der Waals surface area contributed by atoms with Gasteiger partial charge in [-0.2, -0.15) is 5.10 Å². The van der Waals surface area contributed by atoms with Crippen LogP contribution in [0.15, 0.2) is 6.07 Å². The highest BCUT2D eigenvalue weighted by molar-refractivity contribution is 5.76. The van der Waals surface area contributed by atoms with E-state index in [0.29, 0.717) is 25.5 Å². The number of ether oxygens (including phenoxy) is 1. The Labute approximate surface area is 138 Å². The highest BCUT2D eigenvalue weighted by Crippen LogP contribution is 2.17. The number of hydrogen-bond donors (Lipinski definition) is 1. The van der Waals surface area contributed by atoms with E-state index in [1.807, 2.05) is 16.5 Å². The Kier molecular flexibility index (Phi) is 5.33. The van der Waals surface area contributed by atoms with Gasteiger partial charge in [0.25, 0.3) is 0 Å². The van der Waals surface area contributed by atoms with Crippen molar-refractivity contribution in [1.82, 2.24) is 20.0 Å². The van der Waals surface area contributed by atoms with Crippen LogP contribution in [-0.4, -0.2) is 59.5 Å². The van der Waals surface area contributed by atoms with E-state index in [4.69, 9.17) is 4.74 Å². The van der Waals surface area contributed by atoms with Gasteiger partial charge in [0.05, 0.1) is 24.9 Å². The lowest BCUT2D eigenvalue weighted by molar-refractivity contribution is -0.139. The summed E-state index contributed by atoms with van der Waals surface area (Å²) in [5.41, 5.74) is 2.17. The van der Waals surface area contributed by atoms with Crippen LogP contribution in [0, 0.1) is 19.8 Å². The van der Waals surface area contributed by atoms with Gasteiger partial charge in [-0.1, -0.05) is 0 Å². The number of hydrogen-bond acceptors (Lipinski definition) is 4. The predicted octanol–water partition coefficient (Wildman–Crippen LogP) is 1.12. The Morgan fingerprint density at radius 3 is 3.04 bits per heavy atom. The molecule has 2 aliphatic heterocycles. The van der Waals surface area contributed by atoms with Gasteiger partial charge in [0.2, 0.25) is 5.91 Å². The van der Waals surface area contributed by atoms with Crippen molar-refractivity contribution in [2.75, 3.05) is 32.8 Å². The Balaban J connectivity index is 1.49. The molecule has 23 heavy (non-hydrogen) atoms. The van der Waals surface area contributed by atoms with Gasteiger partial charge in [0.1, 0.15) is 0 Å². The Morgan fingerprint density at radius 2 is 2.35 bits per heavy atom. The minimum Gasteiger partial charge on any atom is -0.373 e. The van der Waals surface area contributed by atoms with Crippen molar-refractivity contribution >= 4 is 5.91 Å². The van der Waals surface area contributed by atoms with Crippen molar-refractivity contribution in [2.45, 2.75) is 45.8 Å². The second-order valence-corrected chi connectivity index (χ2v) is 6.84. The minimum absolute atomic E-state index is 0.0406. The maximum absolute atomic E-state index is 12.5. The molecule has 2 fully saturated rings. The van der Waals surface area contributed by atoms with E-state index in [1.54, 1.807) is 0 Å². The van der Waals surface area contributed by atoms with Crippen molar-refractivity contribution in [3.63, 3.8) is 0 Å². The van der Waals surface area contributed by atoms with Crippen molar-refractivity contribution in [3.05, 3.63) is 17.5 Å². The third-order valence-corrected chi connectivity index (χ3v) is 4.90. The van der Waals surface area contributed by atoms with E-state index in [1.165, 1.54) is 6.42 Å². The molecule has 1 aromatic rings. The van der Waals surface area contributed by atoms with Crippen LogP contribution in [-0.2, 0) is 16.1 Å². The van der Waals surface area contributed by atoms with E-state index in [9.17, 15) is 4.79 Å². The van der Waals surface area contributed by atoms with E-state index in [2.05, 4.69) is 23.4 Å². The molecule has 128 valence electrons. The largest absolute Gasteiger partial charge is 0.373 e. The topological polar surface area (TPSA) is 59.4 Å². The molecule has 1 amide bonds. The molecule has 0 aliphatic carbocycles. The molecular weight excluding hydrogens is 292 g/mol. The highest BCUT2D eigenvalue weighted by atomic mass is 16.5. The lowest BCUT2D eigenvalue weighted by Gasteiger charge is -2.33. The normalized spacial score (nSPS) is 25.0. The number of morpholine rings is 1. The molecule has 1 N–H and O–H groups in total. The van der Waals surface area contributed by atoms with Gasteiger partial charge in [-0.3, -0.25) is 9.48 Å². The van der Waals surface area contributed by atoms with Crippen molar-refractivity contribution in [2.24, 2.45) is 5.92 Å². The first kappa shape index (κ1) is 16.5. The third-order valence-electron chi connectivity index (χ3n) is 4.90. The zero-order valence-corrected chi connectivity index (χ0v) is 14.3. The van der Waals surface area contributed by atoms with Crippen molar-refractivity contribution < 1.29 is 9.53 Å². The maximum atomic E-state index is 12.5. The fourth-order valence-electron chi connectivity index (χ4n) is 3.56. The van der Waals surface area contributed by atoms with Gasteiger partial charge in [-0.05, 0) is 51.8 Å². The average Bonchev–Trinajstić information content (AvgIpc) is 3.15.